The molecule has 0 amide bonds. The summed E-state index contributed by atoms with van der Waals surface area (Å²) in [6.45, 7) is 15.1. The minimum Gasteiger partial charge on any atom is -0.315 e. The lowest BCUT2D eigenvalue weighted by Gasteiger charge is -2.33. The molecule has 0 aliphatic heterocycles. The first-order valence-electron chi connectivity index (χ1n) is 6.97. The lowest BCUT2D eigenvalue weighted by Crippen LogP contribution is -2.45. The van der Waals surface area contributed by atoms with E-state index in [2.05, 4.69) is 44.8 Å². The molecule has 0 radical (unpaired) electrons. The molecule has 1 rings (SSSR count). The minimum absolute atomic E-state index is 0.666. The van der Waals surface area contributed by atoms with Crippen molar-refractivity contribution in [3.05, 3.63) is 0 Å². The summed E-state index contributed by atoms with van der Waals surface area (Å²) in [6, 6.07) is 1.34. The molecule has 1 aliphatic rings. The predicted octanol–water partition coefficient (Wildman–Crippen LogP) is 2.74. The van der Waals surface area contributed by atoms with Gasteiger partial charge in [0, 0.05) is 25.2 Å². The van der Waals surface area contributed by atoms with Crippen LogP contribution in [0.25, 0.3) is 0 Å². The van der Waals surface area contributed by atoms with Crippen molar-refractivity contribution in [2.24, 2.45) is 11.8 Å². The van der Waals surface area contributed by atoms with Gasteiger partial charge in [-0.25, -0.2) is 0 Å². The molecule has 0 heterocycles. The summed E-state index contributed by atoms with van der Waals surface area (Å²) in [5, 5.41) is 3.57. The molecule has 1 unspecified atom stereocenters. The number of hydrogen-bond donors (Lipinski definition) is 1. The third kappa shape index (κ3) is 5.31. The number of hydrogen-bond acceptors (Lipinski definition) is 2. The maximum atomic E-state index is 3.57. The Morgan fingerprint density at radius 1 is 1.06 bits per heavy atom. The second-order valence-corrected chi connectivity index (χ2v) is 6.14. The van der Waals surface area contributed by atoms with Gasteiger partial charge in [-0.15, -0.1) is 0 Å². The van der Waals surface area contributed by atoms with Crippen LogP contribution < -0.4 is 5.32 Å². The third-order valence-electron chi connectivity index (χ3n) is 3.39. The Balaban J connectivity index is 2.25. The molecule has 0 spiro atoms. The van der Waals surface area contributed by atoms with Crippen molar-refractivity contribution < 1.29 is 0 Å². The molecular weight excluding hydrogens is 196 g/mol. The van der Waals surface area contributed by atoms with E-state index in [9.17, 15) is 0 Å². The Morgan fingerprint density at radius 3 is 2.12 bits per heavy atom. The first-order valence-corrected chi connectivity index (χ1v) is 6.97. The van der Waals surface area contributed by atoms with Gasteiger partial charge >= 0.3 is 0 Å². The second-order valence-electron chi connectivity index (χ2n) is 6.14. The van der Waals surface area contributed by atoms with Crippen molar-refractivity contribution in [2.75, 3.05) is 19.6 Å². The van der Waals surface area contributed by atoms with Crippen LogP contribution in [-0.4, -0.2) is 36.6 Å². The lowest BCUT2D eigenvalue weighted by molar-refractivity contribution is 0.153. The quantitative estimate of drug-likeness (QED) is 0.684. The van der Waals surface area contributed by atoms with E-state index in [4.69, 9.17) is 0 Å². The molecule has 1 fully saturated rings. The standard InChI is InChI=1S/C14H30N2/c1-11(2)8-15-9-13(5)16(12(3)4)10-14-6-7-14/h11-15H,6-10H2,1-5H3. The second kappa shape index (κ2) is 6.61. The minimum atomic E-state index is 0.666. The Hall–Kier alpha value is -0.0800. The van der Waals surface area contributed by atoms with E-state index >= 15 is 0 Å². The molecule has 0 aromatic carbocycles. The highest BCUT2D eigenvalue weighted by atomic mass is 15.2. The van der Waals surface area contributed by atoms with Crippen molar-refractivity contribution in [1.29, 1.82) is 0 Å². The molecule has 0 aromatic rings. The van der Waals surface area contributed by atoms with Crippen molar-refractivity contribution in [3.8, 4) is 0 Å². The van der Waals surface area contributed by atoms with E-state index in [1.807, 2.05) is 0 Å². The van der Waals surface area contributed by atoms with E-state index in [-0.39, 0.29) is 0 Å². The van der Waals surface area contributed by atoms with Gasteiger partial charge in [-0.05, 0) is 52.0 Å². The van der Waals surface area contributed by atoms with Crippen molar-refractivity contribution >= 4 is 0 Å². The third-order valence-corrected chi connectivity index (χ3v) is 3.39. The Bertz CT molecular complexity index is 185. The van der Waals surface area contributed by atoms with Gasteiger partial charge in [-0.3, -0.25) is 4.90 Å². The zero-order valence-corrected chi connectivity index (χ0v) is 11.8. The topological polar surface area (TPSA) is 15.3 Å². The van der Waals surface area contributed by atoms with Gasteiger partial charge in [-0.1, -0.05) is 13.8 Å². The van der Waals surface area contributed by atoms with E-state index < -0.39 is 0 Å². The highest BCUT2D eigenvalue weighted by Gasteiger charge is 2.27. The molecule has 1 aliphatic carbocycles. The van der Waals surface area contributed by atoms with E-state index in [0.29, 0.717) is 12.1 Å². The summed E-state index contributed by atoms with van der Waals surface area (Å²) in [5.74, 6) is 1.75. The van der Waals surface area contributed by atoms with Crippen molar-refractivity contribution in [3.63, 3.8) is 0 Å². The van der Waals surface area contributed by atoms with E-state index in [1.54, 1.807) is 0 Å². The van der Waals surface area contributed by atoms with Crippen LogP contribution in [0.3, 0.4) is 0 Å². The molecule has 0 bridgehead atoms. The summed E-state index contributed by atoms with van der Waals surface area (Å²) in [7, 11) is 0. The fourth-order valence-electron chi connectivity index (χ4n) is 2.20. The van der Waals surface area contributed by atoms with Gasteiger partial charge in [0.2, 0.25) is 0 Å². The summed E-state index contributed by atoms with van der Waals surface area (Å²) < 4.78 is 0. The number of nitrogens with one attached hydrogen (secondary N) is 1. The molecule has 2 nitrogen and oxygen atoms in total. The summed E-state index contributed by atoms with van der Waals surface area (Å²) >= 11 is 0. The molecule has 0 saturated heterocycles. The highest BCUT2D eigenvalue weighted by molar-refractivity contribution is 4.82. The molecule has 16 heavy (non-hydrogen) atoms. The maximum absolute atomic E-state index is 3.57. The van der Waals surface area contributed by atoms with Crippen LogP contribution in [0, 0.1) is 11.8 Å². The van der Waals surface area contributed by atoms with Crippen molar-refractivity contribution in [1.82, 2.24) is 10.2 Å². The largest absolute Gasteiger partial charge is 0.315 e. The SMILES string of the molecule is CC(C)CNCC(C)N(CC1CC1)C(C)C. The summed E-state index contributed by atoms with van der Waals surface area (Å²) in [6.07, 6.45) is 2.91. The predicted molar refractivity (Wildman–Crippen MR) is 71.7 cm³/mol. The molecule has 2 heteroatoms. The van der Waals surface area contributed by atoms with E-state index in [0.717, 1.165) is 24.9 Å². The lowest BCUT2D eigenvalue weighted by atomic mass is 10.1. The zero-order chi connectivity index (χ0) is 12.1. The molecule has 0 aromatic heterocycles. The molecule has 96 valence electrons. The highest BCUT2D eigenvalue weighted by Crippen LogP contribution is 2.30. The smallest absolute Gasteiger partial charge is 0.0195 e. The van der Waals surface area contributed by atoms with Crippen LogP contribution >= 0.6 is 0 Å². The summed E-state index contributed by atoms with van der Waals surface area (Å²) in [4.78, 5) is 2.66. The average Bonchev–Trinajstić information content (AvgIpc) is 2.96. The number of rotatable bonds is 8. The average molecular weight is 226 g/mol. The zero-order valence-electron chi connectivity index (χ0n) is 11.8. The maximum Gasteiger partial charge on any atom is 0.0195 e. The van der Waals surface area contributed by atoms with Crippen LogP contribution in [0.5, 0.6) is 0 Å². The van der Waals surface area contributed by atoms with Gasteiger partial charge in [-0.2, -0.15) is 0 Å². The normalized spacial score (nSPS) is 18.8. The molecule has 1 N–H and O–H groups in total. The van der Waals surface area contributed by atoms with Gasteiger partial charge in [0.15, 0.2) is 0 Å². The van der Waals surface area contributed by atoms with Crippen LogP contribution in [0.4, 0.5) is 0 Å². The Labute approximate surface area is 102 Å². The van der Waals surface area contributed by atoms with Gasteiger partial charge in [0.25, 0.3) is 0 Å². The fraction of sp³-hybridized carbons (Fsp3) is 1.00. The van der Waals surface area contributed by atoms with Crippen LogP contribution in [0.1, 0.15) is 47.5 Å². The molecule has 1 atom stereocenters. The van der Waals surface area contributed by atoms with Gasteiger partial charge in [0.1, 0.15) is 0 Å². The fourth-order valence-corrected chi connectivity index (χ4v) is 2.20. The Morgan fingerprint density at radius 2 is 1.69 bits per heavy atom. The van der Waals surface area contributed by atoms with Crippen LogP contribution in [-0.2, 0) is 0 Å². The molecule has 1 saturated carbocycles. The van der Waals surface area contributed by atoms with Crippen LogP contribution in [0.15, 0.2) is 0 Å². The molecular formula is C14H30N2. The summed E-state index contributed by atoms with van der Waals surface area (Å²) in [5.41, 5.74) is 0. The number of nitrogens with zero attached hydrogens (tertiary/aromatic N) is 1. The van der Waals surface area contributed by atoms with E-state index in [1.165, 1.54) is 19.4 Å². The van der Waals surface area contributed by atoms with Crippen molar-refractivity contribution in [2.45, 2.75) is 59.5 Å². The first-order chi connectivity index (χ1) is 7.50. The monoisotopic (exact) mass is 226 g/mol. The first kappa shape index (κ1) is 14.0. The van der Waals surface area contributed by atoms with Crippen LogP contribution in [0.2, 0.25) is 0 Å². The Kier molecular flexibility index (Phi) is 5.77. The van der Waals surface area contributed by atoms with Gasteiger partial charge in [0.05, 0.1) is 0 Å². The van der Waals surface area contributed by atoms with Gasteiger partial charge < -0.3 is 5.32 Å².